The van der Waals surface area contributed by atoms with Gasteiger partial charge in [-0.3, -0.25) is 14.4 Å². The molecule has 0 saturated carbocycles. The molecule has 0 amide bonds. The molecular formula is C38H72O6. The number of hydrogen-bond donors (Lipinski definition) is 0. The normalized spacial score (nSPS) is 11.8. The van der Waals surface area contributed by atoms with Gasteiger partial charge in [0, 0.05) is 19.3 Å². The summed E-state index contributed by atoms with van der Waals surface area (Å²) in [6, 6.07) is 0. The van der Waals surface area contributed by atoms with Gasteiger partial charge < -0.3 is 14.2 Å². The molecule has 0 unspecified atom stereocenters. The van der Waals surface area contributed by atoms with Crippen LogP contribution >= 0.6 is 0 Å². The second kappa shape index (κ2) is 34.3. The van der Waals surface area contributed by atoms with Crippen LogP contribution in [0, 0.1) is 0 Å². The fraction of sp³-hybridized carbons (Fsp3) is 0.921. The summed E-state index contributed by atoms with van der Waals surface area (Å²) >= 11 is 0. The molecule has 0 aliphatic rings. The minimum absolute atomic E-state index is 0.0658. The molecule has 0 heterocycles. The van der Waals surface area contributed by atoms with Crippen molar-refractivity contribution >= 4 is 17.9 Å². The number of carbonyl (C=O) groups is 3. The fourth-order valence-electron chi connectivity index (χ4n) is 5.44. The zero-order valence-electron chi connectivity index (χ0n) is 29.4. The molecule has 6 heteroatoms. The van der Waals surface area contributed by atoms with Gasteiger partial charge >= 0.3 is 17.9 Å². The number of unbranched alkanes of at least 4 members (excludes halogenated alkanes) is 23. The van der Waals surface area contributed by atoms with E-state index in [0.29, 0.717) is 19.3 Å². The number of hydrogen-bond acceptors (Lipinski definition) is 6. The SMILES string of the molecule is CCCCCCCCCCCCCCCCC(=O)OC[C@@H](COC(=O)CCCCCCCCC)OC(=O)CCCCCCC. The number of esters is 3. The van der Waals surface area contributed by atoms with E-state index in [1.165, 1.54) is 103 Å². The molecule has 0 aromatic heterocycles. The first-order chi connectivity index (χ1) is 21.5. The Bertz CT molecular complexity index is 649. The summed E-state index contributed by atoms with van der Waals surface area (Å²) in [6.07, 6.45) is 31.2. The molecule has 0 rings (SSSR count). The standard InChI is InChI=1S/C38H72O6/c1-4-7-10-13-15-16-17-18-19-20-21-23-26-28-31-37(40)43-34-35(44-38(41)32-29-24-12-9-6-3)33-42-36(39)30-27-25-22-14-11-8-5-2/h35H,4-34H2,1-3H3/t35-/m1/s1. The molecule has 0 saturated heterocycles. The van der Waals surface area contributed by atoms with Crippen LogP contribution in [0.5, 0.6) is 0 Å². The molecule has 0 aliphatic carbocycles. The van der Waals surface area contributed by atoms with Crippen molar-refractivity contribution in [1.29, 1.82) is 0 Å². The summed E-state index contributed by atoms with van der Waals surface area (Å²) in [4.78, 5) is 37.0. The monoisotopic (exact) mass is 625 g/mol. The average Bonchev–Trinajstić information content (AvgIpc) is 3.02. The van der Waals surface area contributed by atoms with Crippen LogP contribution in [0.25, 0.3) is 0 Å². The molecule has 44 heavy (non-hydrogen) atoms. The molecule has 0 spiro atoms. The lowest BCUT2D eigenvalue weighted by atomic mass is 10.0. The maximum Gasteiger partial charge on any atom is 0.306 e. The summed E-state index contributed by atoms with van der Waals surface area (Å²) in [6.45, 7) is 6.50. The third kappa shape index (κ3) is 31.8. The van der Waals surface area contributed by atoms with Crippen LogP contribution in [0.2, 0.25) is 0 Å². The first-order valence-corrected chi connectivity index (χ1v) is 19.0. The van der Waals surface area contributed by atoms with Gasteiger partial charge in [-0.15, -0.1) is 0 Å². The molecular weight excluding hydrogens is 552 g/mol. The van der Waals surface area contributed by atoms with Gasteiger partial charge in [0.15, 0.2) is 6.10 Å². The van der Waals surface area contributed by atoms with Gasteiger partial charge in [0.25, 0.3) is 0 Å². The smallest absolute Gasteiger partial charge is 0.306 e. The van der Waals surface area contributed by atoms with Gasteiger partial charge in [0.05, 0.1) is 0 Å². The van der Waals surface area contributed by atoms with Gasteiger partial charge in [-0.2, -0.15) is 0 Å². The van der Waals surface area contributed by atoms with Gasteiger partial charge in [-0.25, -0.2) is 0 Å². The number of rotatable bonds is 34. The van der Waals surface area contributed by atoms with Crippen molar-refractivity contribution in [3.8, 4) is 0 Å². The highest BCUT2D eigenvalue weighted by Crippen LogP contribution is 2.14. The lowest BCUT2D eigenvalue weighted by Gasteiger charge is -2.18. The Kier molecular flexibility index (Phi) is 33.0. The molecule has 0 aliphatic heterocycles. The highest BCUT2D eigenvalue weighted by Gasteiger charge is 2.19. The van der Waals surface area contributed by atoms with Crippen molar-refractivity contribution in [1.82, 2.24) is 0 Å². The van der Waals surface area contributed by atoms with Crippen LogP contribution < -0.4 is 0 Å². The maximum absolute atomic E-state index is 12.4. The quantitative estimate of drug-likeness (QED) is 0.0402. The van der Waals surface area contributed by atoms with E-state index < -0.39 is 6.10 Å². The molecule has 0 N–H and O–H groups in total. The van der Waals surface area contributed by atoms with E-state index in [9.17, 15) is 14.4 Å². The third-order valence-corrected chi connectivity index (χ3v) is 8.36. The second-order valence-corrected chi connectivity index (χ2v) is 12.9. The van der Waals surface area contributed by atoms with E-state index in [-0.39, 0.29) is 31.1 Å². The first kappa shape index (κ1) is 42.4. The van der Waals surface area contributed by atoms with Crippen LogP contribution in [0.15, 0.2) is 0 Å². The van der Waals surface area contributed by atoms with Crippen LogP contribution in [0.4, 0.5) is 0 Å². The molecule has 260 valence electrons. The van der Waals surface area contributed by atoms with E-state index >= 15 is 0 Å². The van der Waals surface area contributed by atoms with Crippen molar-refractivity contribution in [2.75, 3.05) is 13.2 Å². The lowest BCUT2D eigenvalue weighted by molar-refractivity contribution is -0.167. The summed E-state index contributed by atoms with van der Waals surface area (Å²) in [5.74, 6) is -0.885. The Hall–Kier alpha value is -1.59. The Balaban J connectivity index is 4.16. The van der Waals surface area contributed by atoms with E-state index in [4.69, 9.17) is 14.2 Å². The van der Waals surface area contributed by atoms with Crippen LogP contribution in [-0.4, -0.2) is 37.2 Å². The molecule has 0 fully saturated rings. The summed E-state index contributed by atoms with van der Waals surface area (Å²) in [5.41, 5.74) is 0. The second-order valence-electron chi connectivity index (χ2n) is 12.9. The zero-order chi connectivity index (χ0) is 32.4. The Morgan fingerprint density at radius 1 is 0.364 bits per heavy atom. The van der Waals surface area contributed by atoms with Crippen molar-refractivity contribution in [2.45, 2.75) is 213 Å². The van der Waals surface area contributed by atoms with Crippen LogP contribution in [0.3, 0.4) is 0 Å². The van der Waals surface area contributed by atoms with Crippen molar-refractivity contribution < 1.29 is 28.6 Å². The van der Waals surface area contributed by atoms with Crippen LogP contribution in [-0.2, 0) is 28.6 Å². The Morgan fingerprint density at radius 3 is 0.909 bits per heavy atom. The fourth-order valence-corrected chi connectivity index (χ4v) is 5.44. The van der Waals surface area contributed by atoms with E-state index in [0.717, 1.165) is 64.2 Å². The van der Waals surface area contributed by atoms with Crippen molar-refractivity contribution in [2.24, 2.45) is 0 Å². The van der Waals surface area contributed by atoms with E-state index in [1.54, 1.807) is 0 Å². The lowest BCUT2D eigenvalue weighted by Crippen LogP contribution is -2.30. The van der Waals surface area contributed by atoms with E-state index in [1.807, 2.05) is 0 Å². The highest BCUT2D eigenvalue weighted by atomic mass is 16.6. The largest absolute Gasteiger partial charge is 0.462 e. The van der Waals surface area contributed by atoms with Gasteiger partial charge in [-0.05, 0) is 19.3 Å². The third-order valence-electron chi connectivity index (χ3n) is 8.36. The first-order valence-electron chi connectivity index (χ1n) is 19.0. The molecule has 6 nitrogen and oxygen atoms in total. The number of ether oxygens (including phenoxy) is 3. The summed E-state index contributed by atoms with van der Waals surface area (Å²) in [7, 11) is 0. The van der Waals surface area contributed by atoms with Crippen molar-refractivity contribution in [3.63, 3.8) is 0 Å². The van der Waals surface area contributed by atoms with Crippen molar-refractivity contribution in [3.05, 3.63) is 0 Å². The minimum atomic E-state index is -0.753. The minimum Gasteiger partial charge on any atom is -0.462 e. The highest BCUT2D eigenvalue weighted by molar-refractivity contribution is 5.71. The number of carbonyl (C=O) groups excluding carboxylic acids is 3. The van der Waals surface area contributed by atoms with E-state index in [2.05, 4.69) is 20.8 Å². The zero-order valence-corrected chi connectivity index (χ0v) is 29.4. The summed E-state index contributed by atoms with van der Waals surface area (Å²) < 4.78 is 16.4. The van der Waals surface area contributed by atoms with Gasteiger partial charge in [0.2, 0.25) is 0 Å². The van der Waals surface area contributed by atoms with Crippen LogP contribution in [0.1, 0.15) is 207 Å². The molecule has 0 aromatic rings. The topological polar surface area (TPSA) is 78.9 Å². The Labute approximate surface area is 272 Å². The molecule has 1 atom stereocenters. The maximum atomic E-state index is 12.4. The predicted octanol–water partition coefficient (Wildman–Crippen LogP) is 11.4. The molecule has 0 bridgehead atoms. The Morgan fingerprint density at radius 2 is 0.614 bits per heavy atom. The van der Waals surface area contributed by atoms with Gasteiger partial charge in [0.1, 0.15) is 13.2 Å². The predicted molar refractivity (Wildman–Crippen MR) is 183 cm³/mol. The van der Waals surface area contributed by atoms with Gasteiger partial charge in [-0.1, -0.05) is 168 Å². The average molecular weight is 625 g/mol. The summed E-state index contributed by atoms with van der Waals surface area (Å²) in [5, 5.41) is 0. The molecule has 0 aromatic carbocycles. The molecule has 0 radical (unpaired) electrons.